The highest BCUT2D eigenvalue weighted by molar-refractivity contribution is 6.26. The molecular formula is C18H11FN2O2. The zero-order chi connectivity index (χ0) is 16.6. The number of aromatic nitrogens is 1. The van der Waals surface area contributed by atoms with E-state index in [1.54, 1.807) is 19.1 Å². The molecule has 3 rings (SSSR count). The van der Waals surface area contributed by atoms with Gasteiger partial charge in [0, 0.05) is 34.9 Å². The summed E-state index contributed by atoms with van der Waals surface area (Å²) in [4.78, 5) is 28.9. The average molecular weight is 306 g/mol. The van der Waals surface area contributed by atoms with Crippen molar-refractivity contribution in [3.8, 4) is 6.07 Å². The summed E-state index contributed by atoms with van der Waals surface area (Å²) in [5.74, 6) is -1.17. The highest BCUT2D eigenvalue weighted by atomic mass is 19.1. The molecule has 0 spiro atoms. The molecule has 1 aromatic heterocycles. The fraction of sp³-hybridized carbons (Fsp3) is 0.111. The van der Waals surface area contributed by atoms with Crippen LogP contribution in [0.3, 0.4) is 0 Å². The van der Waals surface area contributed by atoms with Crippen LogP contribution in [-0.2, 0) is 6.42 Å². The first-order valence-corrected chi connectivity index (χ1v) is 6.95. The number of carbonyl (C=O) groups excluding carboxylic acids is 2. The SMILES string of the molecule is CC1=C(Cc2ccc(C#N)nc2)C(=O)c2cc(F)ccc2C1=O. The Morgan fingerprint density at radius 3 is 2.57 bits per heavy atom. The lowest BCUT2D eigenvalue weighted by molar-refractivity contribution is 0.0972. The lowest BCUT2D eigenvalue weighted by Gasteiger charge is -2.19. The van der Waals surface area contributed by atoms with Gasteiger partial charge in [-0.15, -0.1) is 0 Å². The standard InChI is InChI=1S/C18H11FN2O2/c1-10-15(6-11-2-4-13(8-20)21-9-11)18(23)16-7-12(19)3-5-14(16)17(10)22/h2-5,7,9H,6H2,1H3. The van der Waals surface area contributed by atoms with Crippen molar-refractivity contribution < 1.29 is 14.0 Å². The molecule has 1 aliphatic carbocycles. The van der Waals surface area contributed by atoms with E-state index in [9.17, 15) is 14.0 Å². The zero-order valence-corrected chi connectivity index (χ0v) is 12.3. The number of nitriles is 1. The Bertz CT molecular complexity index is 906. The molecule has 1 heterocycles. The predicted octanol–water partition coefficient (Wildman–Crippen LogP) is 3.03. The summed E-state index contributed by atoms with van der Waals surface area (Å²) in [6.45, 7) is 1.60. The van der Waals surface area contributed by atoms with Crippen LogP contribution in [-0.4, -0.2) is 16.6 Å². The molecule has 0 saturated heterocycles. The smallest absolute Gasteiger partial charge is 0.190 e. The van der Waals surface area contributed by atoms with Crippen LogP contribution < -0.4 is 0 Å². The number of carbonyl (C=O) groups is 2. The Balaban J connectivity index is 2.01. The largest absolute Gasteiger partial charge is 0.289 e. The van der Waals surface area contributed by atoms with E-state index in [0.29, 0.717) is 16.7 Å². The van der Waals surface area contributed by atoms with Crippen LogP contribution >= 0.6 is 0 Å². The van der Waals surface area contributed by atoms with Gasteiger partial charge in [-0.25, -0.2) is 9.37 Å². The Hall–Kier alpha value is -3.13. The summed E-state index contributed by atoms with van der Waals surface area (Å²) in [7, 11) is 0. The normalized spacial score (nSPS) is 13.8. The lowest BCUT2D eigenvalue weighted by Crippen LogP contribution is -2.22. The number of hydrogen-bond acceptors (Lipinski definition) is 4. The number of benzene rings is 1. The Labute approximate surface area is 131 Å². The molecule has 0 bridgehead atoms. The van der Waals surface area contributed by atoms with Crippen molar-refractivity contribution in [3.63, 3.8) is 0 Å². The highest BCUT2D eigenvalue weighted by Crippen LogP contribution is 2.28. The highest BCUT2D eigenvalue weighted by Gasteiger charge is 2.30. The number of allylic oxidation sites excluding steroid dienone is 2. The first kappa shape index (κ1) is 14.8. The fourth-order valence-corrected chi connectivity index (χ4v) is 2.59. The fourth-order valence-electron chi connectivity index (χ4n) is 2.59. The van der Waals surface area contributed by atoms with Gasteiger partial charge in [-0.1, -0.05) is 6.07 Å². The summed E-state index contributed by atoms with van der Waals surface area (Å²) in [5, 5.41) is 8.75. The molecule has 23 heavy (non-hydrogen) atoms. The predicted molar refractivity (Wildman–Crippen MR) is 80.4 cm³/mol. The zero-order valence-electron chi connectivity index (χ0n) is 12.3. The number of fused-ring (bicyclic) bond motifs is 1. The summed E-state index contributed by atoms with van der Waals surface area (Å²) in [6, 6.07) is 8.76. The van der Waals surface area contributed by atoms with Crippen LogP contribution in [0.1, 0.15) is 38.9 Å². The minimum Gasteiger partial charge on any atom is -0.289 e. The van der Waals surface area contributed by atoms with E-state index in [-0.39, 0.29) is 34.8 Å². The summed E-state index contributed by atoms with van der Waals surface area (Å²) in [6.07, 6.45) is 1.71. The van der Waals surface area contributed by atoms with Gasteiger partial charge < -0.3 is 0 Å². The number of Topliss-reactive ketones (excluding diaryl/α,β-unsaturated/α-hetero) is 2. The third-order valence-electron chi connectivity index (χ3n) is 3.86. The van der Waals surface area contributed by atoms with Crippen molar-refractivity contribution in [1.82, 2.24) is 4.98 Å². The molecule has 0 saturated carbocycles. The minimum absolute atomic E-state index is 0.0946. The monoisotopic (exact) mass is 306 g/mol. The molecule has 0 fully saturated rings. The second-order valence-electron chi connectivity index (χ2n) is 5.29. The van der Waals surface area contributed by atoms with Crippen molar-refractivity contribution in [2.75, 3.05) is 0 Å². The maximum Gasteiger partial charge on any atom is 0.190 e. The second kappa shape index (κ2) is 5.58. The quantitative estimate of drug-likeness (QED) is 0.855. The summed E-state index contributed by atoms with van der Waals surface area (Å²) in [5.41, 5.74) is 2.00. The topological polar surface area (TPSA) is 70.8 Å². The van der Waals surface area contributed by atoms with Gasteiger partial charge in [-0.05, 0) is 36.8 Å². The number of ketones is 2. The Morgan fingerprint density at radius 2 is 1.91 bits per heavy atom. The molecule has 1 aromatic carbocycles. The maximum atomic E-state index is 13.4. The van der Waals surface area contributed by atoms with Gasteiger partial charge in [0.1, 0.15) is 17.6 Å². The van der Waals surface area contributed by atoms with E-state index < -0.39 is 5.82 Å². The van der Waals surface area contributed by atoms with Crippen molar-refractivity contribution >= 4 is 11.6 Å². The third-order valence-corrected chi connectivity index (χ3v) is 3.86. The number of halogens is 1. The third kappa shape index (κ3) is 2.55. The molecule has 2 aromatic rings. The van der Waals surface area contributed by atoms with Gasteiger partial charge >= 0.3 is 0 Å². The minimum atomic E-state index is -0.552. The number of rotatable bonds is 2. The van der Waals surface area contributed by atoms with Crippen LogP contribution in [0.4, 0.5) is 4.39 Å². The van der Waals surface area contributed by atoms with Crippen molar-refractivity contribution in [1.29, 1.82) is 5.26 Å². The molecule has 0 amide bonds. The van der Waals surface area contributed by atoms with Crippen LogP contribution in [0, 0.1) is 17.1 Å². The second-order valence-corrected chi connectivity index (χ2v) is 5.29. The van der Waals surface area contributed by atoms with E-state index in [1.165, 1.54) is 18.3 Å². The van der Waals surface area contributed by atoms with E-state index in [4.69, 9.17) is 5.26 Å². The van der Waals surface area contributed by atoms with Crippen molar-refractivity contribution in [2.24, 2.45) is 0 Å². The van der Waals surface area contributed by atoms with Crippen LogP contribution in [0.15, 0.2) is 47.7 Å². The molecule has 5 heteroatoms. The van der Waals surface area contributed by atoms with Gasteiger partial charge in [-0.3, -0.25) is 9.59 Å². The molecule has 0 atom stereocenters. The van der Waals surface area contributed by atoms with E-state index in [2.05, 4.69) is 4.98 Å². The molecule has 0 aliphatic heterocycles. The van der Waals surface area contributed by atoms with Gasteiger partial charge in [0.25, 0.3) is 0 Å². The molecular weight excluding hydrogens is 295 g/mol. The van der Waals surface area contributed by atoms with Gasteiger partial charge in [0.2, 0.25) is 0 Å². The molecule has 0 radical (unpaired) electrons. The van der Waals surface area contributed by atoms with E-state index in [1.807, 2.05) is 6.07 Å². The van der Waals surface area contributed by atoms with Crippen LogP contribution in [0.5, 0.6) is 0 Å². The van der Waals surface area contributed by atoms with E-state index >= 15 is 0 Å². The first-order valence-electron chi connectivity index (χ1n) is 6.95. The number of nitrogens with zero attached hydrogens (tertiary/aromatic N) is 2. The van der Waals surface area contributed by atoms with Crippen LogP contribution in [0.25, 0.3) is 0 Å². The Morgan fingerprint density at radius 1 is 1.13 bits per heavy atom. The van der Waals surface area contributed by atoms with Gasteiger partial charge in [-0.2, -0.15) is 5.26 Å². The molecule has 4 nitrogen and oxygen atoms in total. The maximum absolute atomic E-state index is 13.4. The lowest BCUT2D eigenvalue weighted by atomic mass is 9.82. The van der Waals surface area contributed by atoms with Gasteiger partial charge in [0.05, 0.1) is 0 Å². The summed E-state index contributed by atoms with van der Waals surface area (Å²) < 4.78 is 13.4. The molecule has 1 aliphatic rings. The number of hydrogen-bond donors (Lipinski definition) is 0. The number of pyridine rings is 1. The van der Waals surface area contributed by atoms with Gasteiger partial charge in [0.15, 0.2) is 11.6 Å². The Kier molecular flexibility index (Phi) is 3.59. The van der Waals surface area contributed by atoms with Crippen LogP contribution in [0.2, 0.25) is 0 Å². The van der Waals surface area contributed by atoms with E-state index in [0.717, 1.165) is 6.07 Å². The summed E-state index contributed by atoms with van der Waals surface area (Å²) >= 11 is 0. The van der Waals surface area contributed by atoms with Crippen molar-refractivity contribution in [2.45, 2.75) is 13.3 Å². The molecule has 0 N–H and O–H groups in total. The average Bonchev–Trinajstić information content (AvgIpc) is 2.57. The molecule has 112 valence electrons. The molecule has 0 unspecified atom stereocenters. The van der Waals surface area contributed by atoms with Crippen molar-refractivity contribution in [3.05, 3.63) is 75.9 Å². The first-order chi connectivity index (χ1) is 11.0.